The van der Waals surface area contributed by atoms with Gasteiger partial charge in [0.25, 0.3) is 11.8 Å². The van der Waals surface area contributed by atoms with Crippen molar-refractivity contribution in [2.24, 2.45) is 0 Å². The summed E-state index contributed by atoms with van der Waals surface area (Å²) in [5.41, 5.74) is 2.15. The van der Waals surface area contributed by atoms with Crippen LogP contribution in [0.5, 0.6) is 23.1 Å². The molecule has 10 nitrogen and oxygen atoms in total. The second-order valence-corrected chi connectivity index (χ2v) is 7.74. The van der Waals surface area contributed by atoms with Crippen molar-refractivity contribution >= 4 is 22.6 Å². The van der Waals surface area contributed by atoms with Gasteiger partial charge in [-0.05, 0) is 31.2 Å². The van der Waals surface area contributed by atoms with Crippen molar-refractivity contribution in [3.63, 3.8) is 0 Å². The van der Waals surface area contributed by atoms with E-state index in [0.717, 1.165) is 6.07 Å². The van der Waals surface area contributed by atoms with Crippen LogP contribution in [0.1, 0.15) is 16.2 Å². The van der Waals surface area contributed by atoms with E-state index in [9.17, 15) is 9.18 Å². The summed E-state index contributed by atoms with van der Waals surface area (Å²) in [6.07, 6.45) is 4.36. The van der Waals surface area contributed by atoms with Gasteiger partial charge in [-0.25, -0.2) is 14.4 Å². The molecule has 11 heteroatoms. The van der Waals surface area contributed by atoms with Crippen molar-refractivity contribution in [1.82, 2.24) is 19.9 Å². The Hall–Kier alpha value is -5.06. The molecule has 1 aromatic carbocycles. The Morgan fingerprint density at radius 3 is 2.59 bits per heavy atom. The Morgan fingerprint density at radius 1 is 1.00 bits per heavy atom. The van der Waals surface area contributed by atoms with Gasteiger partial charge >= 0.3 is 0 Å². The second kappa shape index (κ2) is 9.90. The molecular formula is C26H20FN5O5. The van der Waals surface area contributed by atoms with E-state index in [0.29, 0.717) is 33.9 Å². The zero-order chi connectivity index (χ0) is 25.9. The number of anilines is 1. The number of methoxy groups -OCH3 is 2. The first-order chi connectivity index (χ1) is 18.0. The monoisotopic (exact) mass is 501 g/mol. The molecule has 0 radical (unpaired) electrons. The van der Waals surface area contributed by atoms with Crippen LogP contribution in [0.15, 0.2) is 65.5 Å². The summed E-state index contributed by atoms with van der Waals surface area (Å²) in [7, 11) is 2.95. The summed E-state index contributed by atoms with van der Waals surface area (Å²) in [5, 5.41) is 2.62. The van der Waals surface area contributed by atoms with E-state index in [4.69, 9.17) is 18.6 Å². The largest absolute Gasteiger partial charge is 0.491 e. The van der Waals surface area contributed by atoms with Crippen LogP contribution in [-0.2, 0) is 0 Å². The standard InChI is InChI=1S/C26H20FN5O5/c1-14-23(20-5-4-10-36-20)31-18(13-29-14)25(33)30-15-6-7-19(16(27)11-15)37-21-8-9-28-17-12-22(34-2)26(35-3)32-24(17)21/h4-13H,1-3H3,(H,30,33). The molecule has 0 aliphatic carbocycles. The van der Waals surface area contributed by atoms with Crippen molar-refractivity contribution in [1.29, 1.82) is 0 Å². The van der Waals surface area contributed by atoms with E-state index in [1.165, 1.54) is 45.0 Å². The van der Waals surface area contributed by atoms with Crippen molar-refractivity contribution in [3.8, 4) is 34.6 Å². The molecule has 0 aliphatic rings. The minimum absolute atomic E-state index is 0.0523. The first-order valence-electron chi connectivity index (χ1n) is 11.0. The van der Waals surface area contributed by atoms with Crippen molar-refractivity contribution < 1.29 is 27.8 Å². The first-order valence-corrected chi connectivity index (χ1v) is 11.0. The predicted octanol–water partition coefficient (Wildman–Crippen LogP) is 5.19. The number of nitrogens with one attached hydrogen (secondary N) is 1. The molecule has 4 aromatic heterocycles. The zero-order valence-corrected chi connectivity index (χ0v) is 20.0. The van der Waals surface area contributed by atoms with Crippen LogP contribution >= 0.6 is 0 Å². The summed E-state index contributed by atoms with van der Waals surface area (Å²) in [6, 6.07) is 10.7. The van der Waals surface area contributed by atoms with Gasteiger partial charge < -0.3 is 23.9 Å². The number of aromatic nitrogens is 4. The molecule has 5 aromatic rings. The summed E-state index contributed by atoms with van der Waals surface area (Å²) in [5.74, 6) is 0.0650. The Kier molecular flexibility index (Phi) is 6.33. The second-order valence-electron chi connectivity index (χ2n) is 7.74. The third kappa shape index (κ3) is 4.74. The molecule has 0 bridgehead atoms. The minimum atomic E-state index is -0.700. The number of rotatable bonds is 7. The Labute approximate surface area is 210 Å². The van der Waals surface area contributed by atoms with Gasteiger partial charge in [-0.2, -0.15) is 0 Å². The van der Waals surface area contributed by atoms with Crippen molar-refractivity contribution in [3.05, 3.63) is 78.3 Å². The van der Waals surface area contributed by atoms with Gasteiger partial charge in [0, 0.05) is 30.1 Å². The number of ether oxygens (including phenoxy) is 3. The van der Waals surface area contributed by atoms with Gasteiger partial charge in [-0.3, -0.25) is 14.8 Å². The number of amides is 1. The molecule has 0 aliphatic heterocycles. The lowest BCUT2D eigenvalue weighted by atomic mass is 10.2. The smallest absolute Gasteiger partial charge is 0.275 e. The topological polar surface area (TPSA) is 121 Å². The molecule has 0 spiro atoms. The molecular weight excluding hydrogens is 481 g/mol. The van der Waals surface area contributed by atoms with Crippen LogP contribution in [0.4, 0.5) is 10.1 Å². The van der Waals surface area contributed by atoms with Gasteiger partial charge in [0.1, 0.15) is 16.9 Å². The number of hydrogen-bond acceptors (Lipinski definition) is 9. The number of benzene rings is 1. The highest BCUT2D eigenvalue weighted by atomic mass is 19.1. The summed E-state index contributed by atoms with van der Waals surface area (Å²) < 4.78 is 36.6. The molecule has 1 amide bonds. The lowest BCUT2D eigenvalue weighted by molar-refractivity contribution is 0.102. The number of furan rings is 1. The molecule has 4 heterocycles. The van der Waals surface area contributed by atoms with Gasteiger partial charge in [-0.15, -0.1) is 0 Å². The number of fused-ring (bicyclic) bond motifs is 1. The number of aryl methyl sites for hydroxylation is 1. The van der Waals surface area contributed by atoms with Gasteiger partial charge in [0.2, 0.25) is 0 Å². The summed E-state index contributed by atoms with van der Waals surface area (Å²) in [4.78, 5) is 30.0. The molecule has 0 atom stereocenters. The number of halogens is 1. The average Bonchev–Trinajstić information content (AvgIpc) is 3.44. The van der Waals surface area contributed by atoms with Crippen LogP contribution in [0, 0.1) is 12.7 Å². The maximum absolute atomic E-state index is 15.0. The van der Waals surface area contributed by atoms with Gasteiger partial charge in [0.05, 0.1) is 37.9 Å². The third-order valence-corrected chi connectivity index (χ3v) is 5.37. The van der Waals surface area contributed by atoms with E-state index in [-0.39, 0.29) is 28.8 Å². The van der Waals surface area contributed by atoms with Gasteiger partial charge in [0.15, 0.2) is 28.8 Å². The number of carbonyl (C=O) groups excluding carboxylic acids is 1. The number of nitrogens with zero attached hydrogens (tertiary/aromatic N) is 4. The number of pyridine rings is 2. The van der Waals surface area contributed by atoms with Crippen molar-refractivity contribution in [2.45, 2.75) is 6.92 Å². The SMILES string of the molecule is COc1cc2nccc(Oc3ccc(NC(=O)c4cnc(C)c(-c5ccco5)n4)cc3F)c2nc1OC. The Morgan fingerprint density at radius 2 is 1.86 bits per heavy atom. The fourth-order valence-corrected chi connectivity index (χ4v) is 3.57. The van der Waals surface area contributed by atoms with Crippen LogP contribution in [0.25, 0.3) is 22.5 Å². The predicted molar refractivity (Wildman–Crippen MR) is 132 cm³/mol. The molecule has 0 saturated heterocycles. The molecule has 0 unspecified atom stereocenters. The fraction of sp³-hybridized carbons (Fsp3) is 0.115. The minimum Gasteiger partial charge on any atom is -0.491 e. The Bertz CT molecular complexity index is 1610. The van der Waals surface area contributed by atoms with Crippen LogP contribution in [0.3, 0.4) is 0 Å². The number of hydrogen-bond donors (Lipinski definition) is 1. The maximum atomic E-state index is 15.0. The normalized spacial score (nSPS) is 10.8. The van der Waals surface area contributed by atoms with Gasteiger partial charge in [-0.1, -0.05) is 0 Å². The first kappa shape index (κ1) is 23.7. The third-order valence-electron chi connectivity index (χ3n) is 5.37. The number of carbonyl (C=O) groups is 1. The average molecular weight is 501 g/mol. The van der Waals surface area contributed by atoms with Crippen LogP contribution < -0.4 is 19.5 Å². The van der Waals surface area contributed by atoms with Crippen molar-refractivity contribution in [2.75, 3.05) is 19.5 Å². The molecule has 37 heavy (non-hydrogen) atoms. The highest BCUT2D eigenvalue weighted by Gasteiger charge is 2.17. The molecule has 0 fully saturated rings. The lowest BCUT2D eigenvalue weighted by Crippen LogP contribution is -2.15. The molecule has 186 valence electrons. The highest BCUT2D eigenvalue weighted by molar-refractivity contribution is 6.03. The molecule has 0 saturated carbocycles. The maximum Gasteiger partial charge on any atom is 0.275 e. The van der Waals surface area contributed by atoms with E-state index < -0.39 is 11.7 Å². The zero-order valence-electron chi connectivity index (χ0n) is 20.0. The summed E-state index contributed by atoms with van der Waals surface area (Å²) >= 11 is 0. The van der Waals surface area contributed by atoms with E-state index in [2.05, 4.69) is 25.3 Å². The highest BCUT2D eigenvalue weighted by Crippen LogP contribution is 2.35. The quantitative estimate of drug-likeness (QED) is 0.321. The van der Waals surface area contributed by atoms with E-state index >= 15 is 0 Å². The summed E-state index contributed by atoms with van der Waals surface area (Å²) in [6.45, 7) is 1.76. The lowest BCUT2D eigenvalue weighted by Gasteiger charge is -2.12. The van der Waals surface area contributed by atoms with E-state index in [1.807, 2.05) is 0 Å². The van der Waals surface area contributed by atoms with E-state index in [1.54, 1.807) is 31.2 Å². The van der Waals surface area contributed by atoms with Crippen LogP contribution in [0.2, 0.25) is 0 Å². The fourth-order valence-electron chi connectivity index (χ4n) is 3.57. The van der Waals surface area contributed by atoms with Crippen LogP contribution in [-0.4, -0.2) is 40.1 Å². The molecule has 1 N–H and O–H groups in total. The Balaban J connectivity index is 1.37. The molecule has 5 rings (SSSR count).